The van der Waals surface area contributed by atoms with Crippen molar-refractivity contribution in [3.63, 3.8) is 0 Å². The average Bonchev–Trinajstić information content (AvgIpc) is 3.47. The van der Waals surface area contributed by atoms with E-state index >= 15 is 0 Å². The number of furan rings is 1. The predicted octanol–water partition coefficient (Wildman–Crippen LogP) is 9.63. The van der Waals surface area contributed by atoms with Crippen LogP contribution in [0, 0.1) is 0 Å². The molecule has 0 spiro atoms. The first kappa shape index (κ1) is 23.7. The van der Waals surface area contributed by atoms with Gasteiger partial charge in [-0.1, -0.05) is 115 Å². The van der Waals surface area contributed by atoms with Crippen molar-refractivity contribution in [3.05, 3.63) is 134 Å². The van der Waals surface area contributed by atoms with Crippen LogP contribution >= 0.6 is 0 Å². The fourth-order valence-corrected chi connectivity index (χ4v) is 6.24. The Bertz CT molecular complexity index is 2520. The molecule has 0 saturated heterocycles. The third-order valence-electron chi connectivity index (χ3n) is 8.20. The molecule has 9 aromatic rings. The fraction of sp³-hybridized carbons (Fsp3) is 0. The van der Waals surface area contributed by atoms with Crippen molar-refractivity contribution in [2.75, 3.05) is 0 Å². The van der Waals surface area contributed by atoms with Gasteiger partial charge in [0.25, 0.3) is 0 Å². The number of rotatable bonds is 3. The Balaban J connectivity index is 1.37. The number of hydrogen-bond acceptors (Lipinski definition) is 5. The maximum absolute atomic E-state index is 6.15. The lowest BCUT2D eigenvalue weighted by molar-refractivity contribution is 0.667. The highest BCUT2D eigenvalue weighted by Gasteiger charge is 2.19. The fourth-order valence-electron chi connectivity index (χ4n) is 6.24. The highest BCUT2D eigenvalue weighted by atomic mass is 16.3. The summed E-state index contributed by atoms with van der Waals surface area (Å²) >= 11 is 0. The number of pyridine rings is 1. The first-order valence-corrected chi connectivity index (χ1v) is 14.2. The van der Waals surface area contributed by atoms with Crippen LogP contribution in [0.5, 0.6) is 0 Å². The Morgan fingerprint density at radius 2 is 1.09 bits per heavy atom. The van der Waals surface area contributed by atoms with Crippen molar-refractivity contribution in [3.8, 4) is 34.2 Å². The standard InChI is InChI=1S/C38H22N4O/c1-2-10-25(11-3-1)36-40-37(42-38(41-36)31-21-39-22-33-35(31)29-14-6-7-16-32(29)43-33)30-15-8-12-24-18-19-27-26-13-5-4-9-23(26)17-20-28(27)34(24)30/h1-22H. The topological polar surface area (TPSA) is 64.7 Å². The van der Waals surface area contributed by atoms with Crippen LogP contribution in [0.15, 0.2) is 138 Å². The zero-order valence-electron chi connectivity index (χ0n) is 22.9. The van der Waals surface area contributed by atoms with Crippen LogP contribution in [-0.2, 0) is 0 Å². The molecule has 0 bridgehead atoms. The molecule has 0 unspecified atom stereocenters. The van der Waals surface area contributed by atoms with E-state index in [0.29, 0.717) is 23.1 Å². The zero-order chi connectivity index (χ0) is 28.3. The van der Waals surface area contributed by atoms with E-state index in [1.54, 1.807) is 6.20 Å². The van der Waals surface area contributed by atoms with Gasteiger partial charge in [-0.2, -0.15) is 0 Å². The van der Waals surface area contributed by atoms with E-state index < -0.39 is 0 Å². The van der Waals surface area contributed by atoms with Gasteiger partial charge in [0.05, 0.1) is 6.20 Å². The van der Waals surface area contributed by atoms with Gasteiger partial charge in [0.1, 0.15) is 5.58 Å². The van der Waals surface area contributed by atoms with Gasteiger partial charge in [-0.15, -0.1) is 0 Å². The summed E-state index contributed by atoms with van der Waals surface area (Å²) in [4.78, 5) is 19.8. The van der Waals surface area contributed by atoms with Gasteiger partial charge >= 0.3 is 0 Å². The van der Waals surface area contributed by atoms with Gasteiger partial charge in [0.15, 0.2) is 23.1 Å². The van der Waals surface area contributed by atoms with Crippen LogP contribution < -0.4 is 0 Å². The number of fused-ring (bicyclic) bond motifs is 8. The Kier molecular flexibility index (Phi) is 5.13. The second-order valence-corrected chi connectivity index (χ2v) is 10.7. The average molecular weight is 551 g/mol. The third-order valence-corrected chi connectivity index (χ3v) is 8.20. The molecular formula is C38H22N4O. The molecule has 5 nitrogen and oxygen atoms in total. The number of aromatic nitrogens is 4. The molecule has 0 fully saturated rings. The van der Waals surface area contributed by atoms with E-state index in [0.717, 1.165) is 43.8 Å². The monoisotopic (exact) mass is 550 g/mol. The molecule has 43 heavy (non-hydrogen) atoms. The summed E-state index contributed by atoms with van der Waals surface area (Å²) in [6, 6.07) is 41.7. The molecule has 3 aromatic heterocycles. The van der Waals surface area contributed by atoms with Crippen molar-refractivity contribution in [2.45, 2.75) is 0 Å². The van der Waals surface area contributed by atoms with Gasteiger partial charge in [-0.25, -0.2) is 15.0 Å². The number of benzene rings is 6. The van der Waals surface area contributed by atoms with E-state index in [-0.39, 0.29) is 0 Å². The predicted molar refractivity (Wildman–Crippen MR) is 174 cm³/mol. The van der Waals surface area contributed by atoms with Crippen LogP contribution in [0.25, 0.3) is 88.4 Å². The van der Waals surface area contributed by atoms with E-state index in [4.69, 9.17) is 19.4 Å². The number of hydrogen-bond donors (Lipinski definition) is 0. The molecule has 0 aliphatic heterocycles. The van der Waals surface area contributed by atoms with Crippen LogP contribution in [-0.4, -0.2) is 19.9 Å². The molecule has 3 heterocycles. The molecule has 0 atom stereocenters. The van der Waals surface area contributed by atoms with Crippen molar-refractivity contribution < 1.29 is 4.42 Å². The van der Waals surface area contributed by atoms with Crippen molar-refractivity contribution >= 4 is 54.3 Å². The minimum atomic E-state index is 0.552. The smallest absolute Gasteiger partial charge is 0.166 e. The summed E-state index contributed by atoms with van der Waals surface area (Å²) in [6.07, 6.45) is 3.57. The van der Waals surface area contributed by atoms with Crippen LogP contribution in [0.2, 0.25) is 0 Å². The lowest BCUT2D eigenvalue weighted by Gasteiger charge is -2.13. The second-order valence-electron chi connectivity index (χ2n) is 10.7. The summed E-state index contributed by atoms with van der Waals surface area (Å²) in [5, 5.41) is 9.00. The third kappa shape index (κ3) is 3.72. The van der Waals surface area contributed by atoms with Crippen LogP contribution in [0.3, 0.4) is 0 Å². The quantitative estimate of drug-likeness (QED) is 0.205. The Morgan fingerprint density at radius 3 is 2.00 bits per heavy atom. The van der Waals surface area contributed by atoms with Crippen LogP contribution in [0.1, 0.15) is 0 Å². The Morgan fingerprint density at radius 1 is 0.395 bits per heavy atom. The molecular weight excluding hydrogens is 528 g/mol. The lowest BCUT2D eigenvalue weighted by Crippen LogP contribution is -2.01. The van der Waals surface area contributed by atoms with Gasteiger partial charge < -0.3 is 4.42 Å². The highest BCUT2D eigenvalue weighted by Crippen LogP contribution is 2.39. The van der Waals surface area contributed by atoms with E-state index in [1.807, 2.05) is 54.7 Å². The molecule has 5 heteroatoms. The zero-order valence-corrected chi connectivity index (χ0v) is 22.9. The Hall–Kier alpha value is -5.94. The van der Waals surface area contributed by atoms with Crippen molar-refractivity contribution in [1.29, 1.82) is 0 Å². The van der Waals surface area contributed by atoms with Gasteiger partial charge in [0.2, 0.25) is 0 Å². The van der Waals surface area contributed by atoms with Gasteiger partial charge in [-0.05, 0) is 33.0 Å². The van der Waals surface area contributed by atoms with E-state index in [9.17, 15) is 0 Å². The molecule has 0 N–H and O–H groups in total. The van der Waals surface area contributed by atoms with Gasteiger partial charge in [-0.3, -0.25) is 4.98 Å². The lowest BCUT2D eigenvalue weighted by atomic mass is 9.94. The number of nitrogens with zero attached hydrogens (tertiary/aromatic N) is 4. The first-order valence-electron chi connectivity index (χ1n) is 14.2. The Labute approximate surface area is 246 Å². The minimum Gasteiger partial charge on any atom is -0.454 e. The minimum absolute atomic E-state index is 0.552. The first-order chi connectivity index (χ1) is 21.3. The molecule has 0 radical (unpaired) electrons. The van der Waals surface area contributed by atoms with E-state index in [1.165, 1.54) is 21.5 Å². The van der Waals surface area contributed by atoms with Crippen LogP contribution in [0.4, 0.5) is 0 Å². The summed E-state index contributed by atoms with van der Waals surface area (Å²) in [7, 11) is 0. The molecule has 0 aliphatic rings. The largest absolute Gasteiger partial charge is 0.454 e. The summed E-state index contributed by atoms with van der Waals surface area (Å²) in [5.74, 6) is 1.77. The maximum atomic E-state index is 6.15. The van der Waals surface area contributed by atoms with Crippen molar-refractivity contribution in [2.24, 2.45) is 0 Å². The van der Waals surface area contributed by atoms with E-state index in [2.05, 4.69) is 77.8 Å². The molecule has 6 aromatic carbocycles. The normalized spacial score (nSPS) is 11.7. The molecule has 0 amide bonds. The molecule has 200 valence electrons. The molecule has 0 aliphatic carbocycles. The second kappa shape index (κ2) is 9.29. The summed E-state index contributed by atoms with van der Waals surface area (Å²) in [6.45, 7) is 0. The SMILES string of the molecule is c1ccc(-c2nc(-c3cccc4ccc5c6ccccc6ccc5c34)nc(-c3cncc4oc5ccccc5c34)n2)cc1. The summed E-state index contributed by atoms with van der Waals surface area (Å²) < 4.78 is 6.15. The summed E-state index contributed by atoms with van der Waals surface area (Å²) in [5.41, 5.74) is 4.18. The molecule has 9 rings (SSSR count). The van der Waals surface area contributed by atoms with Gasteiger partial charge in [0, 0.05) is 39.0 Å². The highest BCUT2D eigenvalue weighted by molar-refractivity contribution is 6.20. The molecule has 0 saturated carbocycles. The number of para-hydroxylation sites is 1. The van der Waals surface area contributed by atoms with Crippen molar-refractivity contribution in [1.82, 2.24) is 19.9 Å². The maximum Gasteiger partial charge on any atom is 0.166 e.